The SMILES string of the molecule is CCc1ccc(OCC(CO)(NC(C)C)C2CC2)cc1. The standard InChI is InChI=1S/C17H27NO2/c1-4-14-5-9-16(10-6-14)20-12-17(11-19,15-7-8-15)18-13(2)3/h5-6,9-10,13,15,18-19H,4,7-8,11-12H2,1-3H3. The predicted molar refractivity (Wildman–Crippen MR) is 82.1 cm³/mol. The third-order valence-corrected chi connectivity index (χ3v) is 4.05. The van der Waals surface area contributed by atoms with Crippen LogP contribution in [0.1, 0.15) is 39.2 Å². The number of aryl methyl sites for hydroxylation is 1. The van der Waals surface area contributed by atoms with E-state index in [0.29, 0.717) is 18.6 Å². The second-order valence-corrected chi connectivity index (χ2v) is 6.17. The number of ether oxygens (including phenoxy) is 1. The maximum atomic E-state index is 9.85. The van der Waals surface area contributed by atoms with Gasteiger partial charge in [-0.1, -0.05) is 32.9 Å². The number of aliphatic hydroxyl groups excluding tert-OH is 1. The number of hydrogen-bond donors (Lipinski definition) is 2. The lowest BCUT2D eigenvalue weighted by molar-refractivity contribution is 0.0778. The zero-order valence-corrected chi connectivity index (χ0v) is 12.9. The van der Waals surface area contributed by atoms with Crippen molar-refractivity contribution in [3.8, 4) is 5.75 Å². The van der Waals surface area contributed by atoms with Gasteiger partial charge in [-0.2, -0.15) is 0 Å². The van der Waals surface area contributed by atoms with Gasteiger partial charge in [-0.3, -0.25) is 0 Å². The highest BCUT2D eigenvalue weighted by Gasteiger charge is 2.45. The van der Waals surface area contributed by atoms with E-state index in [1.807, 2.05) is 12.1 Å². The second-order valence-electron chi connectivity index (χ2n) is 6.17. The van der Waals surface area contributed by atoms with Crippen LogP contribution in [0.25, 0.3) is 0 Å². The molecule has 0 aromatic heterocycles. The van der Waals surface area contributed by atoms with Crippen LogP contribution in [0, 0.1) is 5.92 Å². The van der Waals surface area contributed by atoms with Crippen LogP contribution in [-0.4, -0.2) is 29.9 Å². The largest absolute Gasteiger partial charge is 0.492 e. The Morgan fingerprint density at radius 1 is 1.30 bits per heavy atom. The van der Waals surface area contributed by atoms with Crippen LogP contribution in [0.3, 0.4) is 0 Å². The highest BCUT2D eigenvalue weighted by molar-refractivity contribution is 5.27. The lowest BCUT2D eigenvalue weighted by Gasteiger charge is -2.35. The van der Waals surface area contributed by atoms with Crippen molar-refractivity contribution in [3.63, 3.8) is 0 Å². The van der Waals surface area contributed by atoms with E-state index >= 15 is 0 Å². The Balaban J connectivity index is 2.00. The van der Waals surface area contributed by atoms with E-state index in [2.05, 4.69) is 38.2 Å². The Morgan fingerprint density at radius 2 is 1.95 bits per heavy atom. The Kier molecular flexibility index (Phi) is 5.06. The van der Waals surface area contributed by atoms with Gasteiger partial charge in [-0.15, -0.1) is 0 Å². The van der Waals surface area contributed by atoms with E-state index < -0.39 is 0 Å². The van der Waals surface area contributed by atoms with Gasteiger partial charge in [0.15, 0.2) is 0 Å². The van der Waals surface area contributed by atoms with Crippen molar-refractivity contribution in [2.24, 2.45) is 5.92 Å². The molecule has 20 heavy (non-hydrogen) atoms. The molecule has 112 valence electrons. The Labute approximate surface area is 122 Å². The molecule has 0 heterocycles. The molecule has 2 rings (SSSR count). The number of benzene rings is 1. The summed E-state index contributed by atoms with van der Waals surface area (Å²) in [5.41, 5.74) is 1.02. The van der Waals surface area contributed by atoms with Crippen molar-refractivity contribution in [2.75, 3.05) is 13.2 Å². The van der Waals surface area contributed by atoms with Crippen molar-refractivity contribution in [1.82, 2.24) is 5.32 Å². The monoisotopic (exact) mass is 277 g/mol. The van der Waals surface area contributed by atoms with Crippen LogP contribution in [0.15, 0.2) is 24.3 Å². The van der Waals surface area contributed by atoms with Crippen LogP contribution < -0.4 is 10.1 Å². The Bertz CT molecular complexity index is 412. The molecule has 1 aliphatic rings. The van der Waals surface area contributed by atoms with Crippen molar-refractivity contribution in [3.05, 3.63) is 29.8 Å². The Morgan fingerprint density at radius 3 is 2.40 bits per heavy atom. The molecule has 0 aliphatic heterocycles. The molecular weight excluding hydrogens is 250 g/mol. The molecule has 1 unspecified atom stereocenters. The average molecular weight is 277 g/mol. The minimum atomic E-state index is -0.294. The summed E-state index contributed by atoms with van der Waals surface area (Å²) in [6.45, 7) is 7.03. The first-order valence-electron chi connectivity index (χ1n) is 7.70. The smallest absolute Gasteiger partial charge is 0.119 e. The van der Waals surface area contributed by atoms with Crippen LogP contribution in [0.5, 0.6) is 5.75 Å². The molecule has 3 nitrogen and oxygen atoms in total. The van der Waals surface area contributed by atoms with E-state index in [0.717, 1.165) is 12.2 Å². The molecular formula is C17H27NO2. The molecule has 1 saturated carbocycles. The third kappa shape index (κ3) is 3.74. The van der Waals surface area contributed by atoms with E-state index in [1.165, 1.54) is 18.4 Å². The summed E-state index contributed by atoms with van der Waals surface area (Å²) in [6, 6.07) is 8.58. The van der Waals surface area contributed by atoms with E-state index in [4.69, 9.17) is 4.74 Å². The molecule has 1 atom stereocenters. The normalized spacial score (nSPS) is 18.1. The van der Waals surface area contributed by atoms with E-state index in [1.54, 1.807) is 0 Å². The molecule has 0 spiro atoms. The van der Waals surface area contributed by atoms with Gasteiger partial charge in [-0.25, -0.2) is 0 Å². The van der Waals surface area contributed by atoms with Crippen molar-refractivity contribution in [1.29, 1.82) is 0 Å². The van der Waals surface area contributed by atoms with E-state index in [-0.39, 0.29) is 12.1 Å². The first kappa shape index (κ1) is 15.3. The van der Waals surface area contributed by atoms with Crippen molar-refractivity contribution < 1.29 is 9.84 Å². The number of hydrogen-bond acceptors (Lipinski definition) is 3. The highest BCUT2D eigenvalue weighted by atomic mass is 16.5. The van der Waals surface area contributed by atoms with Gasteiger partial charge in [0.2, 0.25) is 0 Å². The fourth-order valence-corrected chi connectivity index (χ4v) is 2.74. The summed E-state index contributed by atoms with van der Waals surface area (Å²) in [5.74, 6) is 1.41. The van der Waals surface area contributed by atoms with Crippen LogP contribution in [0.4, 0.5) is 0 Å². The Hall–Kier alpha value is -1.06. The average Bonchev–Trinajstić information content (AvgIpc) is 3.28. The van der Waals surface area contributed by atoms with Crippen LogP contribution in [0.2, 0.25) is 0 Å². The minimum Gasteiger partial charge on any atom is -0.492 e. The molecule has 1 aromatic rings. The summed E-state index contributed by atoms with van der Waals surface area (Å²) >= 11 is 0. The molecule has 0 radical (unpaired) electrons. The maximum Gasteiger partial charge on any atom is 0.119 e. The number of aliphatic hydroxyl groups is 1. The first-order valence-corrected chi connectivity index (χ1v) is 7.70. The van der Waals surface area contributed by atoms with Crippen molar-refractivity contribution >= 4 is 0 Å². The third-order valence-electron chi connectivity index (χ3n) is 4.05. The lowest BCUT2D eigenvalue weighted by atomic mass is 9.94. The van der Waals surface area contributed by atoms with Crippen LogP contribution in [-0.2, 0) is 6.42 Å². The van der Waals surface area contributed by atoms with E-state index in [9.17, 15) is 5.11 Å². The topological polar surface area (TPSA) is 41.5 Å². The molecule has 2 N–H and O–H groups in total. The first-order chi connectivity index (χ1) is 9.59. The van der Waals surface area contributed by atoms with Gasteiger partial charge in [0.1, 0.15) is 12.4 Å². The molecule has 0 amide bonds. The summed E-state index contributed by atoms with van der Waals surface area (Å²) in [6.07, 6.45) is 3.40. The van der Waals surface area contributed by atoms with Gasteiger partial charge in [0.05, 0.1) is 12.1 Å². The fraction of sp³-hybridized carbons (Fsp3) is 0.647. The number of nitrogens with one attached hydrogen (secondary N) is 1. The maximum absolute atomic E-state index is 9.85. The van der Waals surface area contributed by atoms with Gasteiger partial charge in [-0.05, 0) is 42.9 Å². The molecule has 0 bridgehead atoms. The summed E-state index contributed by atoms with van der Waals surface area (Å²) in [4.78, 5) is 0. The summed E-state index contributed by atoms with van der Waals surface area (Å²) < 4.78 is 5.94. The van der Waals surface area contributed by atoms with Gasteiger partial charge in [0, 0.05) is 6.04 Å². The highest BCUT2D eigenvalue weighted by Crippen LogP contribution is 2.40. The fourth-order valence-electron chi connectivity index (χ4n) is 2.74. The molecule has 1 fully saturated rings. The zero-order valence-electron chi connectivity index (χ0n) is 12.9. The molecule has 0 saturated heterocycles. The van der Waals surface area contributed by atoms with Crippen LogP contribution >= 0.6 is 0 Å². The lowest BCUT2D eigenvalue weighted by Crippen LogP contribution is -2.57. The molecule has 1 aromatic carbocycles. The quantitative estimate of drug-likeness (QED) is 0.768. The van der Waals surface area contributed by atoms with Gasteiger partial charge >= 0.3 is 0 Å². The minimum absolute atomic E-state index is 0.128. The van der Waals surface area contributed by atoms with Gasteiger partial charge in [0.25, 0.3) is 0 Å². The summed E-state index contributed by atoms with van der Waals surface area (Å²) in [7, 11) is 0. The summed E-state index contributed by atoms with van der Waals surface area (Å²) in [5, 5.41) is 13.4. The van der Waals surface area contributed by atoms with Crippen molar-refractivity contribution in [2.45, 2.75) is 51.6 Å². The molecule has 1 aliphatic carbocycles. The predicted octanol–water partition coefficient (Wildman–Crippen LogP) is 2.77. The zero-order chi connectivity index (χ0) is 14.6. The second kappa shape index (κ2) is 6.59. The molecule has 3 heteroatoms. The number of rotatable bonds is 8. The van der Waals surface area contributed by atoms with Gasteiger partial charge < -0.3 is 15.2 Å².